The van der Waals surface area contributed by atoms with Crippen LogP contribution < -0.4 is 10.6 Å². The predicted molar refractivity (Wildman–Crippen MR) is 124 cm³/mol. The summed E-state index contributed by atoms with van der Waals surface area (Å²) in [6.07, 6.45) is 4.01. The zero-order valence-corrected chi connectivity index (χ0v) is 18.3. The number of furan rings is 1. The Kier molecular flexibility index (Phi) is 7.02. The molecule has 2 heterocycles. The molecular formula is C26H29N3O3. The molecule has 4 rings (SSSR count). The van der Waals surface area contributed by atoms with Crippen LogP contribution in [-0.4, -0.2) is 35.8 Å². The third kappa shape index (κ3) is 5.45. The summed E-state index contributed by atoms with van der Waals surface area (Å²) < 4.78 is 5.07. The van der Waals surface area contributed by atoms with Gasteiger partial charge in [-0.1, -0.05) is 48.5 Å². The fourth-order valence-corrected chi connectivity index (χ4v) is 4.02. The van der Waals surface area contributed by atoms with E-state index < -0.39 is 11.9 Å². The largest absolute Gasteiger partial charge is 0.459 e. The van der Waals surface area contributed by atoms with E-state index in [9.17, 15) is 9.59 Å². The van der Waals surface area contributed by atoms with Crippen molar-refractivity contribution in [1.82, 2.24) is 15.5 Å². The quantitative estimate of drug-likeness (QED) is 0.566. The molecule has 2 amide bonds. The van der Waals surface area contributed by atoms with Gasteiger partial charge in [0.25, 0.3) is 5.91 Å². The van der Waals surface area contributed by atoms with Crippen molar-refractivity contribution in [1.29, 1.82) is 0 Å². The molecule has 1 aromatic heterocycles. The molecule has 6 heteroatoms. The molecule has 0 radical (unpaired) electrons. The maximum absolute atomic E-state index is 12.5. The maximum atomic E-state index is 12.5. The van der Waals surface area contributed by atoms with Gasteiger partial charge >= 0.3 is 0 Å². The lowest BCUT2D eigenvalue weighted by Gasteiger charge is -2.16. The van der Waals surface area contributed by atoms with Crippen LogP contribution in [0, 0.1) is 0 Å². The van der Waals surface area contributed by atoms with Crippen LogP contribution in [0.2, 0.25) is 0 Å². The van der Waals surface area contributed by atoms with Gasteiger partial charge in [0.2, 0.25) is 5.91 Å². The number of hydrogen-bond donors (Lipinski definition) is 2. The van der Waals surface area contributed by atoms with E-state index in [1.807, 2.05) is 18.2 Å². The zero-order valence-electron chi connectivity index (χ0n) is 18.3. The van der Waals surface area contributed by atoms with Gasteiger partial charge in [0.05, 0.1) is 6.26 Å². The van der Waals surface area contributed by atoms with Crippen molar-refractivity contribution in [3.8, 4) is 11.1 Å². The first-order valence-corrected chi connectivity index (χ1v) is 11.1. The van der Waals surface area contributed by atoms with E-state index in [2.05, 4.69) is 45.9 Å². The molecule has 1 unspecified atom stereocenters. The lowest BCUT2D eigenvalue weighted by atomic mass is 9.98. The molecule has 1 aliphatic heterocycles. The second-order valence-corrected chi connectivity index (χ2v) is 8.23. The van der Waals surface area contributed by atoms with Gasteiger partial charge in [-0.3, -0.25) is 14.5 Å². The Balaban J connectivity index is 1.36. The van der Waals surface area contributed by atoms with Crippen LogP contribution in [-0.2, 0) is 17.9 Å². The molecular weight excluding hydrogens is 402 g/mol. The highest BCUT2D eigenvalue weighted by Gasteiger charge is 2.18. The van der Waals surface area contributed by atoms with Gasteiger partial charge in [-0.2, -0.15) is 0 Å². The molecule has 1 atom stereocenters. The van der Waals surface area contributed by atoms with Crippen molar-refractivity contribution < 1.29 is 14.0 Å². The number of nitrogens with zero attached hydrogens (tertiary/aromatic N) is 1. The van der Waals surface area contributed by atoms with E-state index in [1.54, 1.807) is 19.1 Å². The number of benzene rings is 2. The normalized spacial score (nSPS) is 14.8. The minimum Gasteiger partial charge on any atom is -0.459 e. The standard InChI is InChI=1S/C26H29N3O3/c1-19(28-26(31)24-9-6-16-32-24)25(30)27-17-22-7-2-3-8-23(22)21-12-10-20(11-13-21)18-29-14-4-5-15-29/h2-3,6-13,16,19H,4-5,14-15,17-18H2,1H3,(H,27,30)(H,28,31). The highest BCUT2D eigenvalue weighted by Crippen LogP contribution is 2.25. The van der Waals surface area contributed by atoms with Gasteiger partial charge in [-0.15, -0.1) is 0 Å². The lowest BCUT2D eigenvalue weighted by molar-refractivity contribution is -0.122. The van der Waals surface area contributed by atoms with Crippen LogP contribution in [0.5, 0.6) is 0 Å². The molecule has 2 N–H and O–H groups in total. The topological polar surface area (TPSA) is 74.6 Å². The minimum atomic E-state index is -0.676. The molecule has 0 bridgehead atoms. The lowest BCUT2D eigenvalue weighted by Crippen LogP contribution is -2.44. The first kappa shape index (κ1) is 21.8. The summed E-state index contributed by atoms with van der Waals surface area (Å²) in [5.74, 6) is -0.476. The summed E-state index contributed by atoms with van der Waals surface area (Å²) in [7, 11) is 0. The summed E-state index contributed by atoms with van der Waals surface area (Å²) >= 11 is 0. The molecule has 1 fully saturated rings. The fourth-order valence-electron chi connectivity index (χ4n) is 4.02. The number of carbonyl (C=O) groups is 2. The highest BCUT2D eigenvalue weighted by molar-refractivity contribution is 5.95. The van der Waals surface area contributed by atoms with E-state index in [1.165, 1.54) is 37.8 Å². The van der Waals surface area contributed by atoms with Gasteiger partial charge in [-0.05, 0) is 67.2 Å². The molecule has 2 aromatic carbocycles. The molecule has 0 saturated carbocycles. The van der Waals surface area contributed by atoms with Gasteiger partial charge < -0.3 is 15.1 Å². The Labute approximate surface area is 188 Å². The van der Waals surface area contributed by atoms with Crippen molar-refractivity contribution in [3.63, 3.8) is 0 Å². The number of nitrogens with one attached hydrogen (secondary N) is 2. The second-order valence-electron chi connectivity index (χ2n) is 8.23. The van der Waals surface area contributed by atoms with Crippen LogP contribution >= 0.6 is 0 Å². The Morgan fingerprint density at radius 3 is 2.47 bits per heavy atom. The van der Waals surface area contributed by atoms with Crippen LogP contribution in [0.3, 0.4) is 0 Å². The number of hydrogen-bond acceptors (Lipinski definition) is 4. The summed E-state index contributed by atoms with van der Waals surface area (Å²) in [4.78, 5) is 27.1. The summed E-state index contributed by atoms with van der Waals surface area (Å²) in [6, 6.07) is 19.3. The van der Waals surface area contributed by atoms with E-state index in [0.717, 1.165) is 23.2 Å². The van der Waals surface area contributed by atoms with Gasteiger partial charge in [0.15, 0.2) is 5.76 Å². The van der Waals surface area contributed by atoms with E-state index in [0.29, 0.717) is 6.54 Å². The number of likely N-dealkylation sites (tertiary alicyclic amines) is 1. The van der Waals surface area contributed by atoms with Crippen molar-refractivity contribution in [2.45, 2.75) is 38.9 Å². The van der Waals surface area contributed by atoms with Crippen molar-refractivity contribution >= 4 is 11.8 Å². The van der Waals surface area contributed by atoms with Crippen molar-refractivity contribution in [2.75, 3.05) is 13.1 Å². The van der Waals surface area contributed by atoms with Crippen LogP contribution in [0.25, 0.3) is 11.1 Å². The van der Waals surface area contributed by atoms with Crippen molar-refractivity contribution in [2.24, 2.45) is 0 Å². The number of rotatable bonds is 8. The molecule has 0 aliphatic carbocycles. The van der Waals surface area contributed by atoms with Gasteiger partial charge in [0, 0.05) is 13.1 Å². The third-order valence-electron chi connectivity index (χ3n) is 5.83. The summed E-state index contributed by atoms with van der Waals surface area (Å²) in [6.45, 7) is 5.40. The molecule has 0 spiro atoms. The SMILES string of the molecule is CC(NC(=O)c1ccco1)C(=O)NCc1ccccc1-c1ccc(CN2CCCC2)cc1. The van der Waals surface area contributed by atoms with Crippen molar-refractivity contribution in [3.05, 3.63) is 83.8 Å². The Morgan fingerprint density at radius 2 is 1.75 bits per heavy atom. The minimum absolute atomic E-state index is 0.183. The fraction of sp³-hybridized carbons (Fsp3) is 0.308. The average Bonchev–Trinajstić information content (AvgIpc) is 3.53. The van der Waals surface area contributed by atoms with E-state index >= 15 is 0 Å². The Hall–Kier alpha value is -3.38. The predicted octanol–water partition coefficient (Wildman–Crippen LogP) is 3.98. The average molecular weight is 432 g/mol. The van der Waals surface area contributed by atoms with Gasteiger partial charge in [0.1, 0.15) is 6.04 Å². The Bertz CT molecular complexity index is 1040. The first-order chi connectivity index (χ1) is 15.6. The second kappa shape index (κ2) is 10.3. The third-order valence-corrected chi connectivity index (χ3v) is 5.83. The highest BCUT2D eigenvalue weighted by atomic mass is 16.3. The van der Waals surface area contributed by atoms with E-state index in [-0.39, 0.29) is 11.7 Å². The summed E-state index contributed by atoms with van der Waals surface area (Å²) in [5, 5.41) is 5.58. The number of amides is 2. The van der Waals surface area contributed by atoms with Crippen LogP contribution in [0.4, 0.5) is 0 Å². The number of carbonyl (C=O) groups excluding carboxylic acids is 2. The Morgan fingerprint density at radius 1 is 1.00 bits per heavy atom. The van der Waals surface area contributed by atoms with E-state index in [4.69, 9.17) is 4.42 Å². The first-order valence-electron chi connectivity index (χ1n) is 11.1. The molecule has 166 valence electrons. The molecule has 6 nitrogen and oxygen atoms in total. The van der Waals surface area contributed by atoms with Crippen LogP contribution in [0.1, 0.15) is 41.4 Å². The van der Waals surface area contributed by atoms with Crippen LogP contribution in [0.15, 0.2) is 71.3 Å². The summed E-state index contributed by atoms with van der Waals surface area (Å²) in [5.41, 5.74) is 4.56. The zero-order chi connectivity index (χ0) is 22.3. The van der Waals surface area contributed by atoms with Gasteiger partial charge in [-0.25, -0.2) is 0 Å². The smallest absolute Gasteiger partial charge is 0.287 e. The monoisotopic (exact) mass is 431 g/mol. The maximum Gasteiger partial charge on any atom is 0.287 e. The molecule has 1 saturated heterocycles. The molecule has 32 heavy (non-hydrogen) atoms. The molecule has 1 aliphatic rings. The molecule has 3 aromatic rings.